The zero-order valence-electron chi connectivity index (χ0n) is 5.05. The molecule has 3 nitrogen and oxygen atoms in total. The molecule has 1 unspecified atom stereocenters. The van der Waals surface area contributed by atoms with Crippen molar-refractivity contribution in [3.63, 3.8) is 0 Å². The molecular weight excluding hydrogens is 126 g/mol. The summed E-state index contributed by atoms with van der Waals surface area (Å²) in [5.41, 5.74) is 0. The molecule has 1 N–H and O–H groups in total. The van der Waals surface area contributed by atoms with Crippen LogP contribution in [0.25, 0.3) is 0 Å². The number of nitrogens with one attached hydrogen (secondary N) is 1. The van der Waals surface area contributed by atoms with Gasteiger partial charge in [0.1, 0.15) is 10.7 Å². The summed E-state index contributed by atoms with van der Waals surface area (Å²) in [4.78, 5) is 0. The van der Waals surface area contributed by atoms with Crippen LogP contribution < -0.4 is 5.32 Å². The van der Waals surface area contributed by atoms with Crippen LogP contribution in [-0.4, -0.2) is 27.3 Å². The Morgan fingerprint density at radius 1 is 1.62 bits per heavy atom. The molecule has 0 aliphatic carbocycles. The molecule has 0 saturated heterocycles. The van der Waals surface area contributed by atoms with E-state index in [9.17, 15) is 8.42 Å². The summed E-state index contributed by atoms with van der Waals surface area (Å²) < 4.78 is 20.2. The van der Waals surface area contributed by atoms with Gasteiger partial charge in [-0.1, -0.05) is 0 Å². The van der Waals surface area contributed by atoms with E-state index < -0.39 is 10.7 Å². The molecule has 0 fully saturated rings. The first-order valence-electron chi connectivity index (χ1n) is 2.46. The molecule has 0 amide bonds. The van der Waals surface area contributed by atoms with Gasteiger partial charge in [-0.05, 0) is 14.0 Å². The molecule has 50 valence electrons. The normalized spacial score (nSPS) is 14.4. The lowest BCUT2D eigenvalue weighted by Crippen LogP contribution is -2.21. The van der Waals surface area contributed by atoms with Crippen LogP contribution in [0, 0.1) is 0 Å². The Bertz CT molecular complexity index is 113. The minimum absolute atomic E-state index is 0.241. The molecule has 0 aromatic heterocycles. The smallest absolute Gasteiger partial charge is 0.143 e. The van der Waals surface area contributed by atoms with Crippen LogP contribution in [0.15, 0.2) is 0 Å². The predicted molar refractivity (Wildman–Crippen MR) is 33.7 cm³/mol. The highest BCUT2D eigenvalue weighted by atomic mass is 32.2. The lowest BCUT2D eigenvalue weighted by molar-refractivity contribution is 0.598. The average Bonchev–Trinajstić information content (AvgIpc) is 1.67. The van der Waals surface area contributed by atoms with Crippen LogP contribution in [0.2, 0.25) is 0 Å². The zero-order chi connectivity index (χ0) is 6.57. The van der Waals surface area contributed by atoms with Crippen LogP contribution in [0.5, 0.6) is 0 Å². The number of hydrogen-bond donors (Lipinski definition) is 2. The Morgan fingerprint density at radius 3 is 2.25 bits per heavy atom. The van der Waals surface area contributed by atoms with Crippen molar-refractivity contribution in [2.75, 3.05) is 13.6 Å². The fraction of sp³-hybridized carbons (Fsp3) is 1.00. The second-order valence-corrected chi connectivity index (χ2v) is 3.14. The van der Waals surface area contributed by atoms with Gasteiger partial charge in [-0.3, -0.25) is 0 Å². The Labute approximate surface area is 51.0 Å². The monoisotopic (exact) mass is 137 g/mol. The molecule has 0 bridgehead atoms. The molecule has 1 atom stereocenters. The minimum Gasteiger partial charge on any atom is -0.318 e. The van der Waals surface area contributed by atoms with Gasteiger partial charge in [0.15, 0.2) is 0 Å². The highest BCUT2D eigenvalue weighted by Crippen LogP contribution is 1.81. The molecule has 8 heavy (non-hydrogen) atoms. The summed E-state index contributed by atoms with van der Waals surface area (Å²) in [5.74, 6) is 0. The van der Waals surface area contributed by atoms with Gasteiger partial charge in [-0.2, -0.15) is 0 Å². The average molecular weight is 137 g/mol. The molecule has 0 spiro atoms. The summed E-state index contributed by atoms with van der Waals surface area (Å²) in [7, 11) is -0.499. The standard InChI is InChI=1S/C4H11NO2S/c1-4(3-5-2)8(6)7/h4-5,8H,3H2,1-2H3. The lowest BCUT2D eigenvalue weighted by Gasteiger charge is -1.98. The number of thiol groups is 1. The van der Waals surface area contributed by atoms with Gasteiger partial charge in [0.05, 0.1) is 5.25 Å². The Hall–Kier alpha value is -0.0900. The van der Waals surface area contributed by atoms with Crippen molar-refractivity contribution in [1.82, 2.24) is 5.32 Å². The third kappa shape index (κ3) is 2.98. The van der Waals surface area contributed by atoms with Gasteiger partial charge in [-0.15, -0.1) is 0 Å². The fourth-order valence-corrected chi connectivity index (χ4v) is 0.702. The summed E-state index contributed by atoms with van der Waals surface area (Å²) in [6.07, 6.45) is 0. The van der Waals surface area contributed by atoms with E-state index in [-0.39, 0.29) is 5.25 Å². The van der Waals surface area contributed by atoms with Crippen LogP contribution >= 0.6 is 0 Å². The predicted octanol–water partition coefficient (Wildman–Crippen LogP) is -0.794. The summed E-state index contributed by atoms with van der Waals surface area (Å²) in [6.45, 7) is 2.21. The van der Waals surface area contributed by atoms with Crippen LogP contribution in [0.3, 0.4) is 0 Å². The van der Waals surface area contributed by atoms with Crippen molar-refractivity contribution < 1.29 is 8.42 Å². The van der Waals surface area contributed by atoms with E-state index in [1.165, 1.54) is 0 Å². The summed E-state index contributed by atoms with van der Waals surface area (Å²) in [6, 6.07) is 0. The molecule has 4 heteroatoms. The van der Waals surface area contributed by atoms with Crippen molar-refractivity contribution in [2.24, 2.45) is 0 Å². The van der Waals surface area contributed by atoms with Crippen molar-refractivity contribution in [3.05, 3.63) is 0 Å². The first-order valence-corrected chi connectivity index (χ1v) is 3.71. The van der Waals surface area contributed by atoms with E-state index >= 15 is 0 Å². The van der Waals surface area contributed by atoms with E-state index in [4.69, 9.17) is 0 Å². The molecule has 0 radical (unpaired) electrons. The molecule has 0 aliphatic rings. The minimum atomic E-state index is -2.23. The SMILES string of the molecule is CNCC(C)[SH](=O)=O. The molecule has 0 aromatic rings. The van der Waals surface area contributed by atoms with Gasteiger partial charge >= 0.3 is 0 Å². The van der Waals surface area contributed by atoms with Crippen LogP contribution in [0.4, 0.5) is 0 Å². The maximum Gasteiger partial charge on any atom is 0.143 e. The fourth-order valence-electron chi connectivity index (χ4n) is 0.370. The second kappa shape index (κ2) is 3.86. The van der Waals surface area contributed by atoms with E-state index in [2.05, 4.69) is 5.32 Å². The Balaban J connectivity index is 3.48. The van der Waals surface area contributed by atoms with Crippen LogP contribution in [0.1, 0.15) is 6.92 Å². The topological polar surface area (TPSA) is 46.2 Å². The second-order valence-electron chi connectivity index (χ2n) is 1.69. The van der Waals surface area contributed by atoms with Gasteiger partial charge in [0, 0.05) is 6.54 Å². The third-order valence-electron chi connectivity index (χ3n) is 0.859. The highest BCUT2D eigenvalue weighted by Gasteiger charge is 1.99. The largest absolute Gasteiger partial charge is 0.318 e. The molecule has 0 heterocycles. The summed E-state index contributed by atoms with van der Waals surface area (Å²) in [5, 5.41) is 2.52. The quantitative estimate of drug-likeness (QED) is 0.501. The molecular formula is C4H11NO2S. The maximum atomic E-state index is 10.1. The lowest BCUT2D eigenvalue weighted by atomic mass is 10.5. The number of hydrogen-bond acceptors (Lipinski definition) is 3. The van der Waals surface area contributed by atoms with E-state index in [1.807, 2.05) is 0 Å². The first kappa shape index (κ1) is 7.91. The van der Waals surface area contributed by atoms with E-state index in [0.29, 0.717) is 6.54 Å². The molecule has 0 rings (SSSR count). The zero-order valence-corrected chi connectivity index (χ0v) is 5.94. The van der Waals surface area contributed by atoms with Crippen molar-refractivity contribution in [2.45, 2.75) is 12.2 Å². The third-order valence-corrected chi connectivity index (χ3v) is 1.76. The van der Waals surface area contributed by atoms with Gasteiger partial charge in [0.25, 0.3) is 0 Å². The van der Waals surface area contributed by atoms with Gasteiger partial charge < -0.3 is 5.32 Å². The van der Waals surface area contributed by atoms with Gasteiger partial charge in [0.2, 0.25) is 0 Å². The Kier molecular flexibility index (Phi) is 3.81. The van der Waals surface area contributed by atoms with E-state index in [0.717, 1.165) is 0 Å². The van der Waals surface area contributed by atoms with Crippen molar-refractivity contribution in [3.8, 4) is 0 Å². The summed E-state index contributed by atoms with van der Waals surface area (Å²) >= 11 is 0. The molecule has 0 saturated carbocycles. The van der Waals surface area contributed by atoms with Gasteiger partial charge in [-0.25, -0.2) is 8.42 Å². The molecule has 0 aromatic carbocycles. The Morgan fingerprint density at radius 2 is 2.12 bits per heavy atom. The van der Waals surface area contributed by atoms with Crippen molar-refractivity contribution >= 4 is 10.7 Å². The maximum absolute atomic E-state index is 10.1. The van der Waals surface area contributed by atoms with Crippen LogP contribution in [-0.2, 0) is 10.7 Å². The van der Waals surface area contributed by atoms with E-state index in [1.54, 1.807) is 14.0 Å². The number of rotatable bonds is 3. The first-order chi connectivity index (χ1) is 3.68. The van der Waals surface area contributed by atoms with Crippen molar-refractivity contribution in [1.29, 1.82) is 0 Å². The highest BCUT2D eigenvalue weighted by molar-refractivity contribution is 7.73. The molecule has 0 aliphatic heterocycles.